The monoisotopic (exact) mass is 274 g/mol. The Morgan fingerprint density at radius 3 is 2.70 bits per heavy atom. The number of nitrogens with zero attached hydrogens (tertiary/aromatic N) is 2. The van der Waals surface area contributed by atoms with Crippen LogP contribution in [0.4, 0.5) is 5.69 Å². The number of hydrogen-bond acceptors (Lipinski definition) is 4. The average molecular weight is 274 g/mol. The van der Waals surface area contributed by atoms with Crippen LogP contribution in [0.3, 0.4) is 0 Å². The number of anilines is 1. The minimum atomic E-state index is -0.377. The number of aromatic nitrogens is 2. The number of aliphatic hydroxyl groups is 1. The van der Waals surface area contributed by atoms with Gasteiger partial charge in [0, 0.05) is 13.2 Å². The summed E-state index contributed by atoms with van der Waals surface area (Å²) in [5, 5.41) is 16.1. The summed E-state index contributed by atoms with van der Waals surface area (Å²) in [6.45, 7) is -0.145. The van der Waals surface area contributed by atoms with Crippen molar-refractivity contribution in [3.05, 3.63) is 47.8 Å². The third kappa shape index (κ3) is 3.36. The first-order valence-corrected chi connectivity index (χ1v) is 6.35. The van der Waals surface area contributed by atoms with E-state index in [1.807, 2.05) is 30.3 Å². The molecule has 106 valence electrons. The van der Waals surface area contributed by atoms with E-state index in [9.17, 15) is 9.90 Å². The van der Waals surface area contributed by atoms with Gasteiger partial charge in [-0.05, 0) is 12.0 Å². The van der Waals surface area contributed by atoms with E-state index in [4.69, 9.17) is 5.73 Å². The highest BCUT2D eigenvalue weighted by Crippen LogP contribution is 2.09. The number of nitrogen functional groups attached to an aromatic ring is 1. The van der Waals surface area contributed by atoms with E-state index in [0.717, 1.165) is 5.56 Å². The summed E-state index contributed by atoms with van der Waals surface area (Å²) < 4.78 is 1.48. The highest BCUT2D eigenvalue weighted by molar-refractivity contribution is 5.97. The second-order valence-electron chi connectivity index (χ2n) is 4.65. The second-order valence-corrected chi connectivity index (χ2v) is 4.65. The first kappa shape index (κ1) is 14.1. The molecule has 0 aliphatic heterocycles. The number of nitrogens with two attached hydrogens (primary N) is 1. The zero-order valence-electron chi connectivity index (χ0n) is 11.3. The summed E-state index contributed by atoms with van der Waals surface area (Å²) in [6, 6.07) is 9.29. The molecule has 0 fully saturated rings. The summed E-state index contributed by atoms with van der Waals surface area (Å²) in [5.74, 6) is -0.377. The molecule has 0 unspecified atom stereocenters. The minimum Gasteiger partial charge on any atom is -0.396 e. The van der Waals surface area contributed by atoms with Crippen LogP contribution in [0, 0.1) is 0 Å². The molecule has 2 aromatic rings. The molecule has 0 spiro atoms. The fraction of sp³-hybridized carbons (Fsp3) is 0.286. The third-order valence-electron chi connectivity index (χ3n) is 2.95. The maximum atomic E-state index is 12.1. The molecule has 20 heavy (non-hydrogen) atoms. The van der Waals surface area contributed by atoms with Gasteiger partial charge in [0.25, 0.3) is 5.91 Å². The molecule has 0 bridgehead atoms. The van der Waals surface area contributed by atoms with Gasteiger partial charge in [0.2, 0.25) is 0 Å². The van der Waals surface area contributed by atoms with E-state index in [2.05, 4.69) is 10.4 Å². The van der Waals surface area contributed by atoms with Gasteiger partial charge < -0.3 is 16.2 Å². The molecule has 0 radical (unpaired) electrons. The number of benzene rings is 1. The highest BCUT2D eigenvalue weighted by Gasteiger charge is 2.18. The first-order chi connectivity index (χ1) is 9.60. The predicted octanol–water partition coefficient (Wildman–Crippen LogP) is 0.336. The Hall–Kier alpha value is -2.34. The van der Waals surface area contributed by atoms with Crippen molar-refractivity contribution in [2.45, 2.75) is 12.5 Å². The number of aryl methyl sites for hydroxylation is 1. The van der Waals surface area contributed by atoms with Gasteiger partial charge >= 0.3 is 0 Å². The van der Waals surface area contributed by atoms with Crippen LogP contribution in [-0.2, 0) is 13.5 Å². The van der Waals surface area contributed by atoms with Crippen LogP contribution < -0.4 is 11.1 Å². The molecule has 4 N–H and O–H groups in total. The van der Waals surface area contributed by atoms with Gasteiger partial charge in [-0.2, -0.15) is 5.10 Å². The summed E-state index contributed by atoms with van der Waals surface area (Å²) in [7, 11) is 1.70. The van der Waals surface area contributed by atoms with Crippen molar-refractivity contribution in [2.24, 2.45) is 7.05 Å². The molecule has 1 amide bonds. The smallest absolute Gasteiger partial charge is 0.274 e. The fourth-order valence-corrected chi connectivity index (χ4v) is 2.00. The van der Waals surface area contributed by atoms with Gasteiger partial charge in [-0.15, -0.1) is 0 Å². The van der Waals surface area contributed by atoms with Gasteiger partial charge in [0.15, 0.2) is 5.69 Å². The molecule has 1 heterocycles. The summed E-state index contributed by atoms with van der Waals surface area (Å²) >= 11 is 0. The largest absolute Gasteiger partial charge is 0.396 e. The predicted molar refractivity (Wildman–Crippen MR) is 76.1 cm³/mol. The average Bonchev–Trinajstić information content (AvgIpc) is 2.78. The third-order valence-corrected chi connectivity index (χ3v) is 2.95. The number of hydrogen-bond donors (Lipinski definition) is 3. The Bertz CT molecular complexity index is 580. The van der Waals surface area contributed by atoms with Crippen LogP contribution in [0.5, 0.6) is 0 Å². The molecule has 2 rings (SSSR count). The van der Waals surface area contributed by atoms with Crippen LogP contribution in [0.15, 0.2) is 36.5 Å². The van der Waals surface area contributed by atoms with Crippen molar-refractivity contribution in [2.75, 3.05) is 12.3 Å². The molecule has 0 aliphatic carbocycles. The second kappa shape index (κ2) is 6.21. The van der Waals surface area contributed by atoms with Crippen molar-refractivity contribution in [1.29, 1.82) is 0 Å². The van der Waals surface area contributed by atoms with Crippen molar-refractivity contribution < 1.29 is 9.90 Å². The van der Waals surface area contributed by atoms with Gasteiger partial charge in [0.05, 0.1) is 18.3 Å². The lowest BCUT2D eigenvalue weighted by Crippen LogP contribution is -2.39. The highest BCUT2D eigenvalue weighted by atomic mass is 16.3. The van der Waals surface area contributed by atoms with E-state index in [0.29, 0.717) is 12.1 Å². The molecule has 1 aromatic carbocycles. The standard InChI is InChI=1S/C14H18N4O2/c1-18-8-12(15)13(17-18)14(20)16-11(9-19)7-10-5-3-2-4-6-10/h2-6,8,11,19H,7,9,15H2,1H3,(H,16,20)/t11-/m1/s1. The molecule has 6 nitrogen and oxygen atoms in total. The number of amides is 1. The minimum absolute atomic E-state index is 0.145. The van der Waals surface area contributed by atoms with Crippen LogP contribution in [0.25, 0.3) is 0 Å². The van der Waals surface area contributed by atoms with Crippen molar-refractivity contribution in [1.82, 2.24) is 15.1 Å². The molecule has 1 atom stereocenters. The van der Waals surface area contributed by atoms with E-state index in [-0.39, 0.29) is 24.2 Å². The Balaban J connectivity index is 2.03. The quantitative estimate of drug-likeness (QED) is 0.732. The van der Waals surface area contributed by atoms with E-state index < -0.39 is 0 Å². The molecular weight excluding hydrogens is 256 g/mol. The Morgan fingerprint density at radius 2 is 2.15 bits per heavy atom. The van der Waals surface area contributed by atoms with Gasteiger partial charge in [-0.25, -0.2) is 0 Å². The summed E-state index contributed by atoms with van der Waals surface area (Å²) in [6.07, 6.45) is 2.12. The lowest BCUT2D eigenvalue weighted by molar-refractivity contribution is 0.0911. The number of carbonyl (C=O) groups excluding carboxylic acids is 1. The van der Waals surface area contributed by atoms with Crippen LogP contribution >= 0.6 is 0 Å². The van der Waals surface area contributed by atoms with E-state index in [1.54, 1.807) is 13.2 Å². The van der Waals surface area contributed by atoms with Crippen LogP contribution in [0.1, 0.15) is 16.1 Å². The molecular formula is C14H18N4O2. The Kier molecular flexibility index (Phi) is 4.37. The molecule has 1 aromatic heterocycles. The topological polar surface area (TPSA) is 93.2 Å². The van der Waals surface area contributed by atoms with Gasteiger partial charge in [-0.3, -0.25) is 9.48 Å². The first-order valence-electron chi connectivity index (χ1n) is 6.35. The van der Waals surface area contributed by atoms with Crippen LogP contribution in [0.2, 0.25) is 0 Å². The lowest BCUT2D eigenvalue weighted by atomic mass is 10.1. The SMILES string of the molecule is Cn1cc(N)c(C(=O)N[C@@H](CO)Cc2ccccc2)n1. The Morgan fingerprint density at radius 1 is 1.45 bits per heavy atom. The zero-order chi connectivity index (χ0) is 14.5. The van der Waals surface area contributed by atoms with Gasteiger partial charge in [-0.1, -0.05) is 30.3 Å². The lowest BCUT2D eigenvalue weighted by Gasteiger charge is -2.15. The Labute approximate surface area is 117 Å². The molecule has 6 heteroatoms. The molecule has 0 saturated carbocycles. The fourth-order valence-electron chi connectivity index (χ4n) is 2.00. The maximum absolute atomic E-state index is 12.1. The number of nitrogens with one attached hydrogen (secondary N) is 1. The normalized spacial score (nSPS) is 12.1. The maximum Gasteiger partial charge on any atom is 0.274 e. The number of carbonyl (C=O) groups is 1. The van der Waals surface area contributed by atoms with Crippen molar-refractivity contribution in [3.63, 3.8) is 0 Å². The zero-order valence-corrected chi connectivity index (χ0v) is 11.3. The molecule has 0 aliphatic rings. The van der Waals surface area contributed by atoms with Crippen molar-refractivity contribution >= 4 is 11.6 Å². The van der Waals surface area contributed by atoms with E-state index in [1.165, 1.54) is 4.68 Å². The number of aliphatic hydroxyl groups excluding tert-OH is 1. The van der Waals surface area contributed by atoms with E-state index >= 15 is 0 Å². The summed E-state index contributed by atoms with van der Waals surface area (Å²) in [4.78, 5) is 12.1. The summed E-state index contributed by atoms with van der Waals surface area (Å²) in [5.41, 5.74) is 7.25. The number of rotatable bonds is 5. The van der Waals surface area contributed by atoms with Gasteiger partial charge in [0.1, 0.15) is 0 Å². The van der Waals surface area contributed by atoms with Crippen LogP contribution in [-0.4, -0.2) is 33.4 Å². The van der Waals surface area contributed by atoms with Crippen molar-refractivity contribution in [3.8, 4) is 0 Å². The molecule has 0 saturated heterocycles.